The summed E-state index contributed by atoms with van der Waals surface area (Å²) in [6, 6.07) is 14.0. The number of hydrogen-bond donors (Lipinski definition) is 1. The van der Waals surface area contributed by atoms with E-state index in [0.717, 1.165) is 21.0 Å². The van der Waals surface area contributed by atoms with E-state index in [1.807, 2.05) is 30.5 Å². The van der Waals surface area contributed by atoms with Crippen LogP contribution in [-0.2, 0) is 14.8 Å². The molecule has 2 aromatic rings. The molecule has 6 nitrogen and oxygen atoms in total. The molecule has 0 aliphatic heterocycles. The van der Waals surface area contributed by atoms with Crippen LogP contribution in [0, 0.1) is 0 Å². The van der Waals surface area contributed by atoms with Gasteiger partial charge >= 0.3 is 0 Å². The zero-order chi connectivity index (χ0) is 19.2. The molecule has 0 bridgehead atoms. The van der Waals surface area contributed by atoms with Gasteiger partial charge in [-0.2, -0.15) is 5.10 Å². The number of nitrogens with one attached hydrogen (secondary N) is 1. The molecule has 0 fully saturated rings. The van der Waals surface area contributed by atoms with E-state index in [9.17, 15) is 13.2 Å². The summed E-state index contributed by atoms with van der Waals surface area (Å²) in [4.78, 5) is 13.2. The van der Waals surface area contributed by atoms with Crippen molar-refractivity contribution in [2.45, 2.75) is 4.90 Å². The SMILES string of the molecule is CSc1ccc(/C=N\NC(=O)CN(c2ccccc2Cl)S(C)(=O)=O)cc1. The second-order valence-corrected chi connectivity index (χ2v) is 8.48. The highest BCUT2D eigenvalue weighted by Gasteiger charge is 2.22. The molecule has 2 rings (SSSR count). The number of para-hydroxylation sites is 1. The maximum Gasteiger partial charge on any atom is 0.260 e. The van der Waals surface area contributed by atoms with Gasteiger partial charge in [0.25, 0.3) is 5.91 Å². The van der Waals surface area contributed by atoms with Crippen LogP contribution in [0.3, 0.4) is 0 Å². The van der Waals surface area contributed by atoms with Crippen molar-refractivity contribution in [3.05, 3.63) is 59.1 Å². The number of carbonyl (C=O) groups is 1. The maximum atomic E-state index is 12.1. The van der Waals surface area contributed by atoms with Crippen LogP contribution in [0.5, 0.6) is 0 Å². The number of rotatable bonds is 7. The fourth-order valence-corrected chi connectivity index (χ4v) is 3.63. The Bertz CT molecular complexity index is 900. The van der Waals surface area contributed by atoms with E-state index in [1.165, 1.54) is 12.3 Å². The normalized spacial score (nSPS) is 11.5. The molecular weight excluding hydrogens is 394 g/mol. The zero-order valence-electron chi connectivity index (χ0n) is 14.2. The average molecular weight is 412 g/mol. The van der Waals surface area contributed by atoms with Crippen molar-refractivity contribution in [2.75, 3.05) is 23.4 Å². The molecule has 0 radical (unpaired) electrons. The third-order valence-corrected chi connectivity index (χ3v) is 5.52. The number of halogens is 1. The predicted molar refractivity (Wildman–Crippen MR) is 108 cm³/mol. The number of sulfonamides is 1. The molecule has 0 aromatic heterocycles. The summed E-state index contributed by atoms with van der Waals surface area (Å²) < 4.78 is 25.0. The lowest BCUT2D eigenvalue weighted by Gasteiger charge is -2.22. The van der Waals surface area contributed by atoms with E-state index in [1.54, 1.807) is 30.0 Å². The van der Waals surface area contributed by atoms with Crippen molar-refractivity contribution in [3.8, 4) is 0 Å². The molecule has 0 aliphatic carbocycles. The van der Waals surface area contributed by atoms with Crippen molar-refractivity contribution in [3.63, 3.8) is 0 Å². The van der Waals surface area contributed by atoms with E-state index in [4.69, 9.17) is 11.6 Å². The van der Waals surface area contributed by atoms with Gasteiger partial charge in [0.2, 0.25) is 10.0 Å². The van der Waals surface area contributed by atoms with Crippen molar-refractivity contribution in [2.24, 2.45) is 5.10 Å². The summed E-state index contributed by atoms with van der Waals surface area (Å²) >= 11 is 7.68. The summed E-state index contributed by atoms with van der Waals surface area (Å²) in [5.41, 5.74) is 3.38. The minimum atomic E-state index is -3.69. The monoisotopic (exact) mass is 411 g/mol. The summed E-state index contributed by atoms with van der Waals surface area (Å²) in [7, 11) is -3.69. The Kier molecular flexibility index (Phi) is 7.07. The van der Waals surface area contributed by atoms with Gasteiger partial charge in [-0.15, -0.1) is 11.8 Å². The number of anilines is 1. The number of hydrogen-bond acceptors (Lipinski definition) is 5. The van der Waals surface area contributed by atoms with Crippen LogP contribution in [0.15, 0.2) is 58.5 Å². The van der Waals surface area contributed by atoms with Gasteiger partial charge < -0.3 is 0 Å². The van der Waals surface area contributed by atoms with Crippen molar-refractivity contribution in [1.82, 2.24) is 5.43 Å². The number of nitrogens with zero attached hydrogens (tertiary/aromatic N) is 2. The number of thioether (sulfide) groups is 1. The van der Waals surface area contributed by atoms with Crippen molar-refractivity contribution in [1.29, 1.82) is 0 Å². The molecule has 2 aromatic carbocycles. The highest BCUT2D eigenvalue weighted by atomic mass is 35.5. The smallest absolute Gasteiger partial charge is 0.260 e. The van der Waals surface area contributed by atoms with Crippen LogP contribution in [0.25, 0.3) is 0 Å². The highest BCUT2D eigenvalue weighted by Crippen LogP contribution is 2.26. The van der Waals surface area contributed by atoms with Crippen LogP contribution in [-0.4, -0.2) is 39.6 Å². The molecular formula is C17H18ClN3O3S2. The van der Waals surface area contributed by atoms with Crippen LogP contribution in [0.4, 0.5) is 5.69 Å². The van der Waals surface area contributed by atoms with Crippen molar-refractivity contribution < 1.29 is 13.2 Å². The molecule has 0 saturated heterocycles. The fourth-order valence-electron chi connectivity index (χ4n) is 2.07. The largest absolute Gasteiger partial charge is 0.271 e. The van der Waals surface area contributed by atoms with Gasteiger partial charge in [-0.3, -0.25) is 9.10 Å². The highest BCUT2D eigenvalue weighted by molar-refractivity contribution is 7.98. The first-order chi connectivity index (χ1) is 12.3. The molecule has 1 N–H and O–H groups in total. The van der Waals surface area contributed by atoms with Gasteiger partial charge in [0.1, 0.15) is 6.54 Å². The van der Waals surface area contributed by atoms with E-state index < -0.39 is 22.5 Å². The molecule has 1 amide bonds. The number of carbonyl (C=O) groups excluding carboxylic acids is 1. The Balaban J connectivity index is 2.05. The minimum absolute atomic E-state index is 0.239. The summed E-state index contributed by atoms with van der Waals surface area (Å²) in [6.07, 6.45) is 4.48. The standard InChI is InChI=1S/C17H18ClN3O3S2/c1-25-14-9-7-13(8-10-14)11-19-20-17(22)12-21(26(2,23)24)16-6-4-3-5-15(16)18/h3-11H,12H2,1-2H3,(H,20,22)/b19-11-. The average Bonchev–Trinajstić information content (AvgIpc) is 2.60. The Morgan fingerprint density at radius 2 is 1.88 bits per heavy atom. The van der Waals surface area contributed by atoms with Crippen LogP contribution in [0.1, 0.15) is 5.56 Å². The van der Waals surface area contributed by atoms with E-state index >= 15 is 0 Å². The molecule has 0 aliphatic rings. The first-order valence-corrected chi connectivity index (χ1v) is 10.9. The lowest BCUT2D eigenvalue weighted by molar-refractivity contribution is -0.119. The van der Waals surface area contributed by atoms with Gasteiger partial charge in [-0.25, -0.2) is 13.8 Å². The Hall–Kier alpha value is -2.03. The number of benzene rings is 2. The second-order valence-electron chi connectivity index (χ2n) is 5.29. The number of hydrazone groups is 1. The van der Waals surface area contributed by atoms with E-state index in [0.29, 0.717) is 0 Å². The van der Waals surface area contributed by atoms with Gasteiger partial charge in [0.05, 0.1) is 23.2 Å². The summed E-state index contributed by atoms with van der Waals surface area (Å²) in [5, 5.41) is 4.10. The molecule has 0 heterocycles. The molecule has 0 atom stereocenters. The molecule has 0 saturated carbocycles. The molecule has 138 valence electrons. The van der Waals surface area contributed by atoms with Gasteiger partial charge in [-0.05, 0) is 36.1 Å². The topological polar surface area (TPSA) is 78.8 Å². The van der Waals surface area contributed by atoms with Gasteiger partial charge in [0.15, 0.2) is 0 Å². The van der Waals surface area contributed by atoms with Gasteiger partial charge in [0, 0.05) is 4.90 Å². The molecule has 9 heteroatoms. The van der Waals surface area contributed by atoms with Crippen LogP contribution >= 0.6 is 23.4 Å². The van der Waals surface area contributed by atoms with Crippen molar-refractivity contribution >= 4 is 51.2 Å². The minimum Gasteiger partial charge on any atom is -0.271 e. The summed E-state index contributed by atoms with van der Waals surface area (Å²) in [6.45, 7) is -0.425. The zero-order valence-corrected chi connectivity index (χ0v) is 16.6. The maximum absolute atomic E-state index is 12.1. The lowest BCUT2D eigenvalue weighted by atomic mass is 10.2. The molecule has 0 unspecified atom stereocenters. The third-order valence-electron chi connectivity index (χ3n) is 3.33. The van der Waals surface area contributed by atoms with Gasteiger partial charge in [-0.1, -0.05) is 35.9 Å². The molecule has 0 spiro atoms. The van der Waals surface area contributed by atoms with Crippen LogP contribution in [0.2, 0.25) is 5.02 Å². The first kappa shape index (κ1) is 20.3. The quantitative estimate of drug-likeness (QED) is 0.431. The Morgan fingerprint density at radius 3 is 2.46 bits per heavy atom. The van der Waals surface area contributed by atoms with E-state index in [2.05, 4.69) is 10.5 Å². The third kappa shape index (κ3) is 5.76. The molecule has 26 heavy (non-hydrogen) atoms. The predicted octanol–water partition coefficient (Wildman–Crippen LogP) is 2.98. The fraction of sp³-hybridized carbons (Fsp3) is 0.176. The first-order valence-electron chi connectivity index (χ1n) is 7.49. The Labute approximate surface area is 162 Å². The van der Waals surface area contributed by atoms with E-state index in [-0.39, 0.29) is 10.7 Å². The summed E-state index contributed by atoms with van der Waals surface area (Å²) in [5.74, 6) is -0.577. The Morgan fingerprint density at radius 1 is 1.23 bits per heavy atom. The number of amides is 1. The lowest BCUT2D eigenvalue weighted by Crippen LogP contribution is -2.39. The second kappa shape index (κ2) is 9.07. The van der Waals surface area contributed by atoms with Crippen LogP contribution < -0.4 is 9.73 Å².